The quantitative estimate of drug-likeness (QED) is 0.536. The molecule has 0 fully saturated rings. The van der Waals surface area contributed by atoms with Gasteiger partial charge in [-0.05, 0) is 22.9 Å². The molecule has 0 aliphatic rings. The van der Waals surface area contributed by atoms with Gasteiger partial charge in [-0.3, -0.25) is 4.98 Å². The molecular formula is C12H7ClN2. The first-order valence-electron chi connectivity index (χ1n) is 4.64. The van der Waals surface area contributed by atoms with Crippen LogP contribution in [0.15, 0.2) is 42.6 Å². The fourth-order valence-electron chi connectivity index (χ4n) is 1.68. The smallest absolute Gasteiger partial charge is 0.148 e. The van der Waals surface area contributed by atoms with E-state index < -0.39 is 0 Å². The standard InChI is InChI=1S/C12H7ClN2/c13-12-7-14-10-5-8-3-1-2-4-9(8)6-11(10)15-12/h1-7H. The number of hydrogen-bond acceptors (Lipinski definition) is 2. The molecule has 0 amide bonds. The molecule has 72 valence electrons. The summed E-state index contributed by atoms with van der Waals surface area (Å²) in [6, 6.07) is 12.2. The van der Waals surface area contributed by atoms with Crippen LogP contribution in [-0.4, -0.2) is 9.97 Å². The van der Waals surface area contributed by atoms with Gasteiger partial charge in [0.05, 0.1) is 17.2 Å². The first-order chi connectivity index (χ1) is 7.33. The highest BCUT2D eigenvalue weighted by Crippen LogP contribution is 2.20. The third-order valence-electron chi connectivity index (χ3n) is 2.38. The topological polar surface area (TPSA) is 25.8 Å². The number of fused-ring (bicyclic) bond motifs is 2. The van der Waals surface area contributed by atoms with E-state index in [0.717, 1.165) is 16.4 Å². The lowest BCUT2D eigenvalue weighted by molar-refractivity contribution is 1.30. The number of rotatable bonds is 0. The van der Waals surface area contributed by atoms with E-state index >= 15 is 0 Å². The van der Waals surface area contributed by atoms with Crippen LogP contribution < -0.4 is 0 Å². The van der Waals surface area contributed by atoms with Gasteiger partial charge in [-0.2, -0.15) is 0 Å². The van der Waals surface area contributed by atoms with Gasteiger partial charge in [0.1, 0.15) is 5.15 Å². The summed E-state index contributed by atoms with van der Waals surface area (Å²) in [5.74, 6) is 0. The van der Waals surface area contributed by atoms with Crippen LogP contribution in [0.2, 0.25) is 5.15 Å². The van der Waals surface area contributed by atoms with Gasteiger partial charge in [0.15, 0.2) is 0 Å². The van der Waals surface area contributed by atoms with Crippen molar-refractivity contribution < 1.29 is 0 Å². The summed E-state index contributed by atoms with van der Waals surface area (Å²) >= 11 is 5.80. The molecule has 0 aliphatic carbocycles. The molecule has 2 aromatic carbocycles. The molecule has 0 N–H and O–H groups in total. The summed E-state index contributed by atoms with van der Waals surface area (Å²) in [7, 11) is 0. The van der Waals surface area contributed by atoms with Crippen LogP contribution in [0.1, 0.15) is 0 Å². The molecular weight excluding hydrogens is 208 g/mol. The molecule has 3 heteroatoms. The van der Waals surface area contributed by atoms with Crippen molar-refractivity contribution in [3.8, 4) is 0 Å². The highest BCUT2D eigenvalue weighted by Gasteiger charge is 2.00. The average Bonchev–Trinajstić information content (AvgIpc) is 2.26. The Morgan fingerprint density at radius 2 is 1.60 bits per heavy atom. The molecule has 0 spiro atoms. The molecule has 0 radical (unpaired) electrons. The van der Waals surface area contributed by atoms with Crippen molar-refractivity contribution in [2.24, 2.45) is 0 Å². The van der Waals surface area contributed by atoms with Crippen molar-refractivity contribution in [2.45, 2.75) is 0 Å². The van der Waals surface area contributed by atoms with E-state index in [1.165, 1.54) is 5.39 Å². The number of hydrogen-bond donors (Lipinski definition) is 0. The van der Waals surface area contributed by atoms with Gasteiger partial charge in [-0.15, -0.1) is 0 Å². The maximum Gasteiger partial charge on any atom is 0.148 e. The third-order valence-corrected chi connectivity index (χ3v) is 2.56. The van der Waals surface area contributed by atoms with Crippen LogP contribution in [0, 0.1) is 0 Å². The summed E-state index contributed by atoms with van der Waals surface area (Å²) in [5, 5.41) is 2.75. The molecule has 0 bridgehead atoms. The monoisotopic (exact) mass is 214 g/mol. The van der Waals surface area contributed by atoms with E-state index in [1.54, 1.807) is 6.20 Å². The zero-order valence-electron chi connectivity index (χ0n) is 7.81. The number of aromatic nitrogens is 2. The minimum atomic E-state index is 0.429. The molecule has 0 aliphatic heterocycles. The Labute approximate surface area is 91.5 Å². The lowest BCUT2D eigenvalue weighted by Crippen LogP contribution is -1.84. The van der Waals surface area contributed by atoms with Crippen LogP contribution in [0.3, 0.4) is 0 Å². The molecule has 0 atom stereocenters. The highest BCUT2D eigenvalue weighted by atomic mass is 35.5. The van der Waals surface area contributed by atoms with Crippen molar-refractivity contribution in [3.05, 3.63) is 47.7 Å². The maximum absolute atomic E-state index is 5.80. The Balaban J connectivity index is 2.47. The Morgan fingerprint density at radius 1 is 0.933 bits per heavy atom. The van der Waals surface area contributed by atoms with Gasteiger partial charge in [-0.25, -0.2) is 4.98 Å². The number of nitrogens with zero attached hydrogens (tertiary/aromatic N) is 2. The van der Waals surface area contributed by atoms with Crippen molar-refractivity contribution >= 4 is 33.4 Å². The summed E-state index contributed by atoms with van der Waals surface area (Å²) < 4.78 is 0. The van der Waals surface area contributed by atoms with E-state index in [9.17, 15) is 0 Å². The maximum atomic E-state index is 5.80. The van der Waals surface area contributed by atoms with E-state index in [-0.39, 0.29) is 0 Å². The van der Waals surface area contributed by atoms with Gasteiger partial charge in [-0.1, -0.05) is 35.9 Å². The molecule has 1 heterocycles. The van der Waals surface area contributed by atoms with E-state index in [0.29, 0.717) is 5.15 Å². The molecule has 0 saturated carbocycles. The predicted molar refractivity (Wildman–Crippen MR) is 62.1 cm³/mol. The van der Waals surface area contributed by atoms with Crippen LogP contribution >= 0.6 is 11.6 Å². The average molecular weight is 215 g/mol. The summed E-state index contributed by atoms with van der Waals surface area (Å²) in [4.78, 5) is 8.47. The van der Waals surface area contributed by atoms with Crippen molar-refractivity contribution in [3.63, 3.8) is 0 Å². The van der Waals surface area contributed by atoms with Gasteiger partial charge in [0, 0.05) is 0 Å². The highest BCUT2D eigenvalue weighted by molar-refractivity contribution is 6.29. The van der Waals surface area contributed by atoms with Crippen LogP contribution in [-0.2, 0) is 0 Å². The Morgan fingerprint density at radius 3 is 2.33 bits per heavy atom. The summed E-state index contributed by atoms with van der Waals surface area (Å²) in [6.45, 7) is 0. The largest absolute Gasteiger partial charge is 0.251 e. The predicted octanol–water partition coefficient (Wildman–Crippen LogP) is 3.44. The normalized spacial score (nSPS) is 11.0. The number of benzene rings is 2. The Kier molecular flexibility index (Phi) is 1.82. The summed E-state index contributed by atoms with van der Waals surface area (Å²) in [5.41, 5.74) is 1.71. The summed E-state index contributed by atoms with van der Waals surface area (Å²) in [6.07, 6.45) is 1.57. The lowest BCUT2D eigenvalue weighted by Gasteiger charge is -2.00. The van der Waals surface area contributed by atoms with Gasteiger partial charge in [0.25, 0.3) is 0 Å². The van der Waals surface area contributed by atoms with E-state index in [2.05, 4.69) is 22.1 Å². The van der Waals surface area contributed by atoms with Gasteiger partial charge in [0.2, 0.25) is 0 Å². The molecule has 3 rings (SSSR count). The minimum Gasteiger partial charge on any atom is -0.251 e. The fraction of sp³-hybridized carbons (Fsp3) is 0. The third kappa shape index (κ3) is 1.43. The van der Waals surface area contributed by atoms with E-state index in [4.69, 9.17) is 11.6 Å². The fourth-order valence-corrected chi connectivity index (χ4v) is 1.82. The Hall–Kier alpha value is -1.67. The molecule has 2 nitrogen and oxygen atoms in total. The van der Waals surface area contributed by atoms with Gasteiger partial charge < -0.3 is 0 Å². The second-order valence-electron chi connectivity index (χ2n) is 3.38. The van der Waals surface area contributed by atoms with Crippen LogP contribution in [0.4, 0.5) is 0 Å². The Bertz CT molecular complexity index is 649. The van der Waals surface area contributed by atoms with Crippen LogP contribution in [0.5, 0.6) is 0 Å². The van der Waals surface area contributed by atoms with Gasteiger partial charge >= 0.3 is 0 Å². The number of halogens is 1. The van der Waals surface area contributed by atoms with Crippen molar-refractivity contribution in [1.29, 1.82) is 0 Å². The zero-order chi connectivity index (χ0) is 10.3. The van der Waals surface area contributed by atoms with E-state index in [1.807, 2.05) is 24.3 Å². The van der Waals surface area contributed by atoms with Crippen LogP contribution in [0.25, 0.3) is 21.8 Å². The molecule has 1 aromatic heterocycles. The second kappa shape index (κ2) is 3.17. The first kappa shape index (κ1) is 8.62. The minimum absolute atomic E-state index is 0.429. The van der Waals surface area contributed by atoms with Crippen molar-refractivity contribution in [1.82, 2.24) is 9.97 Å². The molecule has 0 unspecified atom stereocenters. The van der Waals surface area contributed by atoms with Crippen molar-refractivity contribution in [2.75, 3.05) is 0 Å². The molecule has 3 aromatic rings. The lowest BCUT2D eigenvalue weighted by atomic mass is 10.1. The second-order valence-corrected chi connectivity index (χ2v) is 3.77. The first-order valence-corrected chi connectivity index (χ1v) is 5.02. The molecule has 15 heavy (non-hydrogen) atoms. The molecule has 0 saturated heterocycles. The SMILES string of the molecule is Clc1cnc2cc3ccccc3cc2n1. The zero-order valence-corrected chi connectivity index (χ0v) is 8.57.